The fraction of sp³-hybridized carbons (Fsp3) is 0.375. The van der Waals surface area contributed by atoms with Crippen LogP contribution in [0.5, 0.6) is 0 Å². The van der Waals surface area contributed by atoms with Crippen LogP contribution in [0.3, 0.4) is 0 Å². The highest BCUT2D eigenvalue weighted by Gasteiger charge is 2.21. The second-order valence-electron chi connectivity index (χ2n) is 5.22. The molecule has 0 bridgehead atoms. The molecular weight excluding hydrogens is 292 g/mol. The molecule has 2 rings (SSSR count). The monoisotopic (exact) mass is 309 g/mol. The lowest BCUT2D eigenvalue weighted by Gasteiger charge is -2.15. The number of esters is 1. The van der Waals surface area contributed by atoms with Crippen LogP contribution < -0.4 is 5.32 Å². The van der Waals surface area contributed by atoms with Crippen molar-refractivity contribution < 1.29 is 23.1 Å². The summed E-state index contributed by atoms with van der Waals surface area (Å²) in [6.07, 6.45) is 5.06. The summed E-state index contributed by atoms with van der Waals surface area (Å²) >= 11 is 0. The Morgan fingerprint density at radius 1 is 1.36 bits per heavy atom. The Bertz CT molecular complexity index is 601. The molecule has 0 spiro atoms. The van der Waals surface area contributed by atoms with E-state index in [1.807, 2.05) is 12.2 Å². The van der Waals surface area contributed by atoms with Crippen molar-refractivity contribution in [2.75, 3.05) is 5.32 Å². The number of allylic oxidation sites excluding steroid dienone is 2. The maximum absolute atomic E-state index is 13.1. The molecule has 1 aliphatic carbocycles. The number of halogens is 2. The molecule has 1 aliphatic rings. The van der Waals surface area contributed by atoms with Crippen LogP contribution >= 0.6 is 0 Å². The van der Waals surface area contributed by atoms with Crippen LogP contribution in [0.25, 0.3) is 0 Å². The van der Waals surface area contributed by atoms with E-state index in [1.54, 1.807) is 0 Å². The SMILES string of the molecule is C[C@H](OC(=O)C[C@@H]1C=CCC1)C(=O)Nc1ccc(F)c(F)c1. The molecule has 0 fully saturated rings. The minimum Gasteiger partial charge on any atom is -0.453 e. The number of nitrogens with one attached hydrogen (secondary N) is 1. The van der Waals surface area contributed by atoms with E-state index in [2.05, 4.69) is 5.32 Å². The van der Waals surface area contributed by atoms with Crippen molar-refractivity contribution >= 4 is 17.6 Å². The number of rotatable bonds is 5. The Kier molecular flexibility index (Phi) is 5.25. The lowest BCUT2D eigenvalue weighted by atomic mass is 10.1. The Hall–Kier alpha value is -2.24. The normalized spacial score (nSPS) is 18.0. The van der Waals surface area contributed by atoms with Crippen LogP contribution in [-0.4, -0.2) is 18.0 Å². The molecule has 6 heteroatoms. The van der Waals surface area contributed by atoms with Gasteiger partial charge in [0.1, 0.15) is 0 Å². The maximum atomic E-state index is 13.1. The summed E-state index contributed by atoms with van der Waals surface area (Å²) in [7, 11) is 0. The minimum absolute atomic E-state index is 0.102. The number of benzene rings is 1. The Labute approximate surface area is 127 Å². The molecule has 1 aromatic rings. The van der Waals surface area contributed by atoms with E-state index in [-0.39, 0.29) is 18.0 Å². The maximum Gasteiger partial charge on any atom is 0.307 e. The van der Waals surface area contributed by atoms with E-state index in [0.717, 1.165) is 25.0 Å². The van der Waals surface area contributed by atoms with Gasteiger partial charge in [0, 0.05) is 11.8 Å². The highest BCUT2D eigenvalue weighted by Crippen LogP contribution is 2.21. The fourth-order valence-electron chi connectivity index (χ4n) is 2.20. The van der Waals surface area contributed by atoms with E-state index >= 15 is 0 Å². The van der Waals surface area contributed by atoms with Gasteiger partial charge in [0.25, 0.3) is 5.91 Å². The summed E-state index contributed by atoms with van der Waals surface area (Å²) in [6.45, 7) is 1.43. The summed E-state index contributed by atoms with van der Waals surface area (Å²) in [5, 5.41) is 2.37. The first-order valence-electron chi connectivity index (χ1n) is 7.08. The zero-order valence-corrected chi connectivity index (χ0v) is 12.1. The van der Waals surface area contributed by atoms with Gasteiger partial charge in [-0.25, -0.2) is 8.78 Å². The molecule has 118 valence electrons. The van der Waals surface area contributed by atoms with Gasteiger partial charge in [0.15, 0.2) is 17.7 Å². The smallest absolute Gasteiger partial charge is 0.307 e. The number of carbonyl (C=O) groups excluding carboxylic acids is 2. The predicted molar refractivity (Wildman–Crippen MR) is 77.0 cm³/mol. The zero-order valence-electron chi connectivity index (χ0n) is 12.1. The Morgan fingerprint density at radius 3 is 2.77 bits per heavy atom. The summed E-state index contributed by atoms with van der Waals surface area (Å²) in [4.78, 5) is 23.6. The van der Waals surface area contributed by atoms with Crippen LogP contribution in [0.4, 0.5) is 14.5 Å². The van der Waals surface area contributed by atoms with Crippen LogP contribution in [0, 0.1) is 17.6 Å². The van der Waals surface area contributed by atoms with Crippen molar-refractivity contribution in [1.29, 1.82) is 0 Å². The summed E-state index contributed by atoms with van der Waals surface area (Å²) < 4.78 is 30.9. The lowest BCUT2D eigenvalue weighted by molar-refractivity contribution is -0.153. The van der Waals surface area contributed by atoms with E-state index < -0.39 is 29.6 Å². The first-order chi connectivity index (χ1) is 10.5. The van der Waals surface area contributed by atoms with Crippen LogP contribution in [0.15, 0.2) is 30.4 Å². The van der Waals surface area contributed by atoms with Gasteiger partial charge in [-0.05, 0) is 37.8 Å². The third-order valence-corrected chi connectivity index (χ3v) is 3.41. The number of amides is 1. The highest BCUT2D eigenvalue weighted by molar-refractivity contribution is 5.95. The molecule has 0 radical (unpaired) electrons. The van der Waals surface area contributed by atoms with Crippen molar-refractivity contribution in [2.24, 2.45) is 5.92 Å². The van der Waals surface area contributed by atoms with E-state index in [1.165, 1.54) is 13.0 Å². The van der Waals surface area contributed by atoms with Crippen LogP contribution in [-0.2, 0) is 14.3 Å². The third-order valence-electron chi connectivity index (χ3n) is 3.41. The van der Waals surface area contributed by atoms with Gasteiger partial charge in [-0.3, -0.25) is 9.59 Å². The molecule has 0 aromatic heterocycles. The summed E-state index contributed by atoms with van der Waals surface area (Å²) in [6, 6.07) is 3.01. The van der Waals surface area contributed by atoms with Crippen molar-refractivity contribution in [3.05, 3.63) is 42.0 Å². The largest absolute Gasteiger partial charge is 0.453 e. The number of hydrogen-bond acceptors (Lipinski definition) is 3. The topological polar surface area (TPSA) is 55.4 Å². The van der Waals surface area contributed by atoms with Crippen LogP contribution in [0.1, 0.15) is 26.2 Å². The average Bonchev–Trinajstić information content (AvgIpc) is 2.95. The van der Waals surface area contributed by atoms with Crippen molar-refractivity contribution in [3.8, 4) is 0 Å². The summed E-state index contributed by atoms with van der Waals surface area (Å²) in [5.74, 6) is -2.95. The second-order valence-corrected chi connectivity index (χ2v) is 5.22. The molecule has 4 nitrogen and oxygen atoms in total. The minimum atomic E-state index is -1.06. The molecule has 0 saturated carbocycles. The standard InChI is InChI=1S/C16H17F2NO3/c1-10(22-15(20)8-11-4-2-3-5-11)16(21)19-12-6-7-13(17)14(18)9-12/h2,4,6-7,9-11H,3,5,8H2,1H3,(H,19,21)/t10-,11+/m0/s1. The summed E-state index contributed by atoms with van der Waals surface area (Å²) in [5.41, 5.74) is 0.102. The molecule has 22 heavy (non-hydrogen) atoms. The third kappa shape index (κ3) is 4.38. The van der Waals surface area contributed by atoms with Crippen molar-refractivity contribution in [3.63, 3.8) is 0 Å². The lowest BCUT2D eigenvalue weighted by Crippen LogP contribution is -2.30. The van der Waals surface area contributed by atoms with Gasteiger partial charge >= 0.3 is 5.97 Å². The molecule has 0 heterocycles. The molecule has 2 atom stereocenters. The molecular formula is C16H17F2NO3. The number of ether oxygens (including phenoxy) is 1. The first-order valence-corrected chi connectivity index (χ1v) is 7.08. The quantitative estimate of drug-likeness (QED) is 0.671. The Balaban J connectivity index is 1.84. The van der Waals surface area contributed by atoms with Gasteiger partial charge < -0.3 is 10.1 Å². The molecule has 0 saturated heterocycles. The van der Waals surface area contributed by atoms with E-state index in [9.17, 15) is 18.4 Å². The highest BCUT2D eigenvalue weighted by atomic mass is 19.2. The first kappa shape index (κ1) is 16.1. The van der Waals surface area contributed by atoms with Gasteiger partial charge in [0.2, 0.25) is 0 Å². The van der Waals surface area contributed by atoms with E-state index in [4.69, 9.17) is 4.74 Å². The van der Waals surface area contributed by atoms with E-state index in [0.29, 0.717) is 0 Å². The second kappa shape index (κ2) is 7.15. The van der Waals surface area contributed by atoms with Crippen molar-refractivity contribution in [2.45, 2.75) is 32.3 Å². The van der Waals surface area contributed by atoms with Crippen LogP contribution in [0.2, 0.25) is 0 Å². The Morgan fingerprint density at radius 2 is 2.14 bits per heavy atom. The molecule has 0 unspecified atom stereocenters. The number of anilines is 1. The number of carbonyl (C=O) groups is 2. The number of hydrogen-bond donors (Lipinski definition) is 1. The predicted octanol–water partition coefficient (Wildman–Crippen LogP) is 3.19. The van der Waals surface area contributed by atoms with Gasteiger partial charge in [-0.15, -0.1) is 0 Å². The molecule has 1 amide bonds. The molecule has 0 aliphatic heterocycles. The molecule has 1 aromatic carbocycles. The molecule has 1 N–H and O–H groups in total. The van der Waals surface area contributed by atoms with Gasteiger partial charge in [-0.1, -0.05) is 12.2 Å². The van der Waals surface area contributed by atoms with Gasteiger partial charge in [-0.2, -0.15) is 0 Å². The van der Waals surface area contributed by atoms with Crippen molar-refractivity contribution in [1.82, 2.24) is 0 Å². The average molecular weight is 309 g/mol. The fourth-order valence-corrected chi connectivity index (χ4v) is 2.20. The van der Waals surface area contributed by atoms with Gasteiger partial charge in [0.05, 0.1) is 6.42 Å². The zero-order chi connectivity index (χ0) is 16.1.